The Kier molecular flexibility index (Phi) is 3.01. The summed E-state index contributed by atoms with van der Waals surface area (Å²) in [6.45, 7) is 4.21. The lowest BCUT2D eigenvalue weighted by Gasteiger charge is -2.11. The van der Waals surface area contributed by atoms with Crippen molar-refractivity contribution >= 4 is 21.6 Å². The van der Waals surface area contributed by atoms with Crippen molar-refractivity contribution in [2.45, 2.75) is 19.9 Å². The molecule has 0 unspecified atom stereocenters. The van der Waals surface area contributed by atoms with Crippen LogP contribution in [0.25, 0.3) is 11.3 Å². The van der Waals surface area contributed by atoms with Crippen LogP contribution < -0.4 is 5.73 Å². The number of halogens is 1. The van der Waals surface area contributed by atoms with Crippen LogP contribution in [0.1, 0.15) is 19.9 Å². The van der Waals surface area contributed by atoms with Crippen LogP contribution >= 0.6 is 15.9 Å². The van der Waals surface area contributed by atoms with E-state index in [1.165, 1.54) is 0 Å². The van der Waals surface area contributed by atoms with Crippen LogP contribution in [0.15, 0.2) is 34.9 Å². The average Bonchev–Trinajstić information content (AvgIpc) is 2.60. The Hall–Kier alpha value is -1.29. The van der Waals surface area contributed by atoms with Gasteiger partial charge in [-0.2, -0.15) is 5.10 Å². The van der Waals surface area contributed by atoms with Crippen LogP contribution in [0, 0.1) is 0 Å². The van der Waals surface area contributed by atoms with E-state index in [1.807, 2.05) is 35.1 Å². The number of anilines is 1. The maximum absolute atomic E-state index is 5.80. The van der Waals surface area contributed by atoms with Gasteiger partial charge in [-0.15, -0.1) is 0 Å². The van der Waals surface area contributed by atoms with Gasteiger partial charge < -0.3 is 5.73 Å². The molecule has 0 aliphatic carbocycles. The summed E-state index contributed by atoms with van der Waals surface area (Å²) >= 11 is 3.52. The van der Waals surface area contributed by atoms with Crippen LogP contribution in [-0.2, 0) is 0 Å². The Balaban J connectivity index is 2.59. The highest BCUT2D eigenvalue weighted by atomic mass is 79.9. The second-order valence-corrected chi connectivity index (χ2v) is 4.86. The van der Waals surface area contributed by atoms with E-state index in [1.54, 1.807) is 0 Å². The molecule has 2 aromatic rings. The molecular formula is C12H14BrN3. The van der Waals surface area contributed by atoms with Crippen LogP contribution in [0.5, 0.6) is 0 Å². The Morgan fingerprint density at radius 3 is 2.75 bits per heavy atom. The van der Waals surface area contributed by atoms with Gasteiger partial charge in [0, 0.05) is 17.3 Å². The molecule has 0 atom stereocenters. The maximum Gasteiger partial charge on any atom is 0.0828 e. The molecule has 2 rings (SSSR count). The molecule has 1 heterocycles. The lowest BCUT2D eigenvalue weighted by Crippen LogP contribution is -2.04. The van der Waals surface area contributed by atoms with Crippen molar-refractivity contribution in [2.75, 3.05) is 5.73 Å². The number of hydrogen-bond donors (Lipinski definition) is 1. The fourth-order valence-corrected chi connectivity index (χ4v) is 2.19. The molecule has 0 spiro atoms. The molecule has 0 fully saturated rings. The molecule has 16 heavy (non-hydrogen) atoms. The third kappa shape index (κ3) is 1.97. The van der Waals surface area contributed by atoms with Gasteiger partial charge >= 0.3 is 0 Å². The fourth-order valence-electron chi connectivity index (χ4n) is 1.69. The van der Waals surface area contributed by atoms with Crippen LogP contribution in [0.3, 0.4) is 0 Å². The molecule has 1 aromatic carbocycles. The molecule has 3 nitrogen and oxygen atoms in total. The van der Waals surface area contributed by atoms with E-state index in [0.29, 0.717) is 6.04 Å². The van der Waals surface area contributed by atoms with Crippen molar-refractivity contribution in [2.24, 2.45) is 0 Å². The predicted molar refractivity (Wildman–Crippen MR) is 70.2 cm³/mol. The summed E-state index contributed by atoms with van der Waals surface area (Å²) in [5, 5.41) is 4.35. The Morgan fingerprint density at radius 2 is 2.12 bits per heavy atom. The van der Waals surface area contributed by atoms with Gasteiger partial charge in [0.15, 0.2) is 0 Å². The number of aromatic nitrogens is 2. The van der Waals surface area contributed by atoms with E-state index in [2.05, 4.69) is 34.9 Å². The Bertz CT molecular complexity index is 503. The summed E-state index contributed by atoms with van der Waals surface area (Å²) in [6, 6.07) is 8.16. The van der Waals surface area contributed by atoms with Gasteiger partial charge in [0.05, 0.1) is 16.4 Å². The molecule has 0 bridgehead atoms. The summed E-state index contributed by atoms with van der Waals surface area (Å²) in [5.74, 6) is 0. The van der Waals surface area contributed by atoms with E-state index < -0.39 is 0 Å². The first-order valence-corrected chi connectivity index (χ1v) is 5.98. The highest BCUT2D eigenvalue weighted by molar-refractivity contribution is 9.10. The third-order valence-electron chi connectivity index (χ3n) is 2.40. The standard InChI is InChI=1S/C12H14BrN3/c1-8(2)16-12(11(13)7-15-16)9-4-3-5-10(14)6-9/h3-8H,14H2,1-2H3. The van der Waals surface area contributed by atoms with Crippen LogP contribution in [-0.4, -0.2) is 9.78 Å². The summed E-state index contributed by atoms with van der Waals surface area (Å²) in [6.07, 6.45) is 1.82. The van der Waals surface area contributed by atoms with Crippen molar-refractivity contribution in [1.29, 1.82) is 0 Å². The molecule has 0 saturated heterocycles. The molecule has 4 heteroatoms. The zero-order valence-corrected chi connectivity index (χ0v) is 10.9. The van der Waals surface area contributed by atoms with Crippen molar-refractivity contribution in [3.05, 3.63) is 34.9 Å². The summed E-state index contributed by atoms with van der Waals surface area (Å²) < 4.78 is 2.98. The SMILES string of the molecule is CC(C)n1ncc(Br)c1-c1cccc(N)c1. The van der Waals surface area contributed by atoms with E-state index in [4.69, 9.17) is 5.73 Å². The van der Waals surface area contributed by atoms with E-state index in [-0.39, 0.29) is 0 Å². The van der Waals surface area contributed by atoms with Gasteiger partial charge in [-0.05, 0) is 41.9 Å². The van der Waals surface area contributed by atoms with Crippen molar-refractivity contribution < 1.29 is 0 Å². The first-order valence-electron chi connectivity index (χ1n) is 5.18. The minimum Gasteiger partial charge on any atom is -0.399 e. The smallest absolute Gasteiger partial charge is 0.0828 e. The first kappa shape index (κ1) is 11.2. The monoisotopic (exact) mass is 279 g/mol. The predicted octanol–water partition coefficient (Wildman–Crippen LogP) is 3.48. The summed E-state index contributed by atoms with van der Waals surface area (Å²) in [4.78, 5) is 0. The van der Waals surface area contributed by atoms with Crippen molar-refractivity contribution in [1.82, 2.24) is 9.78 Å². The molecule has 2 N–H and O–H groups in total. The Labute approximate surface area is 103 Å². The quantitative estimate of drug-likeness (QED) is 0.856. The van der Waals surface area contributed by atoms with Gasteiger partial charge in [0.25, 0.3) is 0 Å². The Morgan fingerprint density at radius 1 is 1.38 bits per heavy atom. The molecular weight excluding hydrogens is 266 g/mol. The maximum atomic E-state index is 5.80. The number of nitrogens with zero attached hydrogens (tertiary/aromatic N) is 2. The van der Waals surface area contributed by atoms with E-state index in [9.17, 15) is 0 Å². The molecule has 0 saturated carbocycles. The third-order valence-corrected chi connectivity index (χ3v) is 2.98. The molecule has 84 valence electrons. The minimum absolute atomic E-state index is 0.322. The van der Waals surface area contributed by atoms with Gasteiger partial charge in [0.1, 0.15) is 0 Å². The van der Waals surface area contributed by atoms with Crippen LogP contribution in [0.2, 0.25) is 0 Å². The fraction of sp³-hybridized carbons (Fsp3) is 0.250. The minimum atomic E-state index is 0.322. The van der Waals surface area contributed by atoms with Crippen LogP contribution in [0.4, 0.5) is 5.69 Å². The largest absolute Gasteiger partial charge is 0.399 e. The number of nitrogen functional groups attached to an aromatic ring is 1. The highest BCUT2D eigenvalue weighted by Crippen LogP contribution is 2.30. The summed E-state index contributed by atoms with van der Waals surface area (Å²) in [7, 11) is 0. The average molecular weight is 280 g/mol. The molecule has 0 aliphatic heterocycles. The first-order chi connectivity index (χ1) is 7.59. The van der Waals surface area contributed by atoms with Crippen molar-refractivity contribution in [3.8, 4) is 11.3 Å². The van der Waals surface area contributed by atoms with Gasteiger partial charge in [-0.1, -0.05) is 12.1 Å². The second-order valence-electron chi connectivity index (χ2n) is 4.00. The zero-order valence-electron chi connectivity index (χ0n) is 9.31. The normalized spacial score (nSPS) is 11.0. The van der Waals surface area contributed by atoms with Crippen molar-refractivity contribution in [3.63, 3.8) is 0 Å². The highest BCUT2D eigenvalue weighted by Gasteiger charge is 2.13. The van der Waals surface area contributed by atoms with Gasteiger partial charge in [-0.3, -0.25) is 4.68 Å². The zero-order chi connectivity index (χ0) is 11.7. The lowest BCUT2D eigenvalue weighted by atomic mass is 10.1. The number of rotatable bonds is 2. The van der Waals surface area contributed by atoms with E-state index in [0.717, 1.165) is 21.4 Å². The number of hydrogen-bond acceptors (Lipinski definition) is 2. The molecule has 1 aromatic heterocycles. The second kappa shape index (κ2) is 4.29. The molecule has 0 aliphatic rings. The van der Waals surface area contributed by atoms with Gasteiger partial charge in [-0.25, -0.2) is 0 Å². The summed E-state index contributed by atoms with van der Waals surface area (Å²) in [5.41, 5.74) is 8.71. The number of benzene rings is 1. The molecule has 0 radical (unpaired) electrons. The van der Waals surface area contributed by atoms with E-state index >= 15 is 0 Å². The molecule has 0 amide bonds. The number of nitrogens with two attached hydrogens (primary N) is 1. The lowest BCUT2D eigenvalue weighted by molar-refractivity contribution is 0.538. The van der Waals surface area contributed by atoms with Gasteiger partial charge in [0.2, 0.25) is 0 Å². The topological polar surface area (TPSA) is 43.8 Å².